The molecule has 0 bridgehead atoms. The fourth-order valence-corrected chi connectivity index (χ4v) is 4.46. The van der Waals surface area contributed by atoms with Gasteiger partial charge in [-0.05, 0) is 61.6 Å². The Balaban J connectivity index is 1.57. The zero-order valence-electron chi connectivity index (χ0n) is 23.2. The smallest absolute Gasteiger partial charge is 0.343 e. The highest BCUT2D eigenvalue weighted by Gasteiger charge is 2.11. The van der Waals surface area contributed by atoms with Gasteiger partial charge in [0.05, 0.1) is 11.7 Å². The van der Waals surface area contributed by atoms with Crippen LogP contribution in [0.3, 0.4) is 0 Å². The minimum Gasteiger partial charge on any atom is -0.423 e. The molecular weight excluding hydrogens is 444 g/mol. The van der Waals surface area contributed by atoms with Crippen molar-refractivity contribution < 1.29 is 14.3 Å². The van der Waals surface area contributed by atoms with E-state index in [0.29, 0.717) is 11.3 Å². The van der Waals surface area contributed by atoms with Crippen LogP contribution in [-0.4, -0.2) is 12.6 Å². The van der Waals surface area contributed by atoms with E-state index in [0.717, 1.165) is 25.0 Å². The van der Waals surface area contributed by atoms with Crippen LogP contribution < -0.4 is 4.74 Å². The average molecular weight is 495 g/mol. The van der Waals surface area contributed by atoms with E-state index in [9.17, 15) is 4.79 Å². The van der Waals surface area contributed by atoms with Crippen LogP contribution in [0.1, 0.15) is 138 Å². The zero-order valence-corrected chi connectivity index (χ0v) is 23.2. The van der Waals surface area contributed by atoms with Crippen LogP contribution in [0.2, 0.25) is 0 Å². The van der Waals surface area contributed by atoms with Crippen molar-refractivity contribution in [2.24, 2.45) is 0 Å². The molecule has 0 spiro atoms. The first-order valence-corrected chi connectivity index (χ1v) is 14.7. The lowest BCUT2D eigenvalue weighted by Crippen LogP contribution is -2.09. The summed E-state index contributed by atoms with van der Waals surface area (Å²) in [5.74, 6) is 0.261. The molecular formula is C33H50O3. The molecule has 3 heteroatoms. The molecule has 2 aromatic carbocycles. The highest BCUT2D eigenvalue weighted by molar-refractivity contribution is 5.91. The molecule has 1 atom stereocenters. The highest BCUT2D eigenvalue weighted by Crippen LogP contribution is 2.20. The maximum Gasteiger partial charge on any atom is 0.343 e. The Morgan fingerprint density at radius 1 is 0.667 bits per heavy atom. The predicted molar refractivity (Wildman–Crippen MR) is 152 cm³/mol. The van der Waals surface area contributed by atoms with E-state index in [4.69, 9.17) is 9.47 Å². The monoisotopic (exact) mass is 494 g/mol. The molecule has 1 unspecified atom stereocenters. The van der Waals surface area contributed by atoms with Crippen molar-refractivity contribution in [3.05, 3.63) is 65.2 Å². The van der Waals surface area contributed by atoms with Gasteiger partial charge in [0.15, 0.2) is 0 Å². The molecule has 0 saturated heterocycles. The number of aryl methyl sites for hydroxylation is 1. The van der Waals surface area contributed by atoms with Gasteiger partial charge in [-0.25, -0.2) is 4.79 Å². The molecule has 0 aliphatic heterocycles. The van der Waals surface area contributed by atoms with Crippen molar-refractivity contribution in [2.45, 2.75) is 123 Å². The maximum atomic E-state index is 12.5. The van der Waals surface area contributed by atoms with Gasteiger partial charge < -0.3 is 9.47 Å². The fraction of sp³-hybridized carbons (Fsp3) is 0.606. The second-order valence-electron chi connectivity index (χ2n) is 10.2. The van der Waals surface area contributed by atoms with Gasteiger partial charge in [0.1, 0.15) is 5.75 Å². The van der Waals surface area contributed by atoms with E-state index in [1.807, 2.05) is 48.5 Å². The lowest BCUT2D eigenvalue weighted by atomic mass is 10.1. The lowest BCUT2D eigenvalue weighted by molar-refractivity contribution is 0.0626. The summed E-state index contributed by atoms with van der Waals surface area (Å²) in [5, 5.41) is 0. The Morgan fingerprint density at radius 3 is 1.75 bits per heavy atom. The number of hydrogen-bond donors (Lipinski definition) is 0. The molecule has 0 heterocycles. The second-order valence-corrected chi connectivity index (χ2v) is 10.2. The Bertz CT molecular complexity index is 810. The van der Waals surface area contributed by atoms with Crippen LogP contribution in [0.5, 0.6) is 5.75 Å². The molecule has 2 aromatic rings. The highest BCUT2D eigenvalue weighted by atomic mass is 16.5. The van der Waals surface area contributed by atoms with E-state index in [1.165, 1.54) is 89.0 Å². The minimum absolute atomic E-state index is 0.0263. The average Bonchev–Trinajstić information content (AvgIpc) is 2.91. The van der Waals surface area contributed by atoms with Crippen molar-refractivity contribution in [3.8, 4) is 5.75 Å². The summed E-state index contributed by atoms with van der Waals surface area (Å²) >= 11 is 0. The Kier molecular flexibility index (Phi) is 15.9. The molecule has 2 rings (SSSR count). The standard InChI is InChI=1S/C33H50O3/c1-4-6-8-9-10-11-12-13-14-15-16-17-27-35-28(3)30-21-23-31(24-22-30)33(34)36-32-25-19-29(20-26-32)18-7-5-2/h19-26,28H,4-18,27H2,1-3H3. The van der Waals surface area contributed by atoms with Gasteiger partial charge in [0.25, 0.3) is 0 Å². The Labute approximate surface area is 221 Å². The Hall–Kier alpha value is -2.13. The quantitative estimate of drug-likeness (QED) is 0.104. The van der Waals surface area contributed by atoms with Crippen LogP contribution in [-0.2, 0) is 11.2 Å². The van der Waals surface area contributed by atoms with Crippen molar-refractivity contribution >= 4 is 5.97 Å². The second kappa shape index (κ2) is 19.0. The summed E-state index contributed by atoms with van der Waals surface area (Å²) in [6, 6.07) is 15.4. The van der Waals surface area contributed by atoms with Crippen LogP contribution in [0.25, 0.3) is 0 Å². The first kappa shape index (κ1) is 30.1. The van der Waals surface area contributed by atoms with Gasteiger partial charge in [0.2, 0.25) is 0 Å². The topological polar surface area (TPSA) is 35.5 Å². The number of hydrogen-bond acceptors (Lipinski definition) is 3. The third-order valence-corrected chi connectivity index (χ3v) is 6.93. The number of carbonyl (C=O) groups is 1. The van der Waals surface area contributed by atoms with E-state index in [2.05, 4.69) is 20.8 Å². The first-order valence-electron chi connectivity index (χ1n) is 14.7. The summed E-state index contributed by atoms with van der Waals surface area (Å²) in [5.41, 5.74) is 2.92. The number of ether oxygens (including phenoxy) is 2. The number of rotatable bonds is 20. The molecule has 36 heavy (non-hydrogen) atoms. The molecule has 0 radical (unpaired) electrons. The van der Waals surface area contributed by atoms with Crippen molar-refractivity contribution in [1.82, 2.24) is 0 Å². The van der Waals surface area contributed by atoms with E-state index in [1.54, 1.807) is 0 Å². The predicted octanol–water partition coefficient (Wildman–Crippen LogP) is 10.0. The van der Waals surface area contributed by atoms with Gasteiger partial charge in [0, 0.05) is 6.61 Å². The van der Waals surface area contributed by atoms with Crippen LogP contribution in [0.15, 0.2) is 48.5 Å². The number of carbonyl (C=O) groups excluding carboxylic acids is 1. The summed E-state index contributed by atoms with van der Waals surface area (Å²) in [6.45, 7) is 7.33. The number of unbranched alkanes of at least 4 members (excludes halogenated alkanes) is 12. The van der Waals surface area contributed by atoms with Gasteiger partial charge >= 0.3 is 5.97 Å². The summed E-state index contributed by atoms with van der Waals surface area (Å²) in [4.78, 5) is 12.5. The Morgan fingerprint density at radius 2 is 1.19 bits per heavy atom. The maximum absolute atomic E-state index is 12.5. The molecule has 0 aromatic heterocycles. The van der Waals surface area contributed by atoms with Gasteiger partial charge in [-0.3, -0.25) is 0 Å². The number of benzene rings is 2. The molecule has 3 nitrogen and oxygen atoms in total. The largest absolute Gasteiger partial charge is 0.423 e. The fourth-order valence-electron chi connectivity index (χ4n) is 4.46. The van der Waals surface area contributed by atoms with E-state index in [-0.39, 0.29) is 12.1 Å². The van der Waals surface area contributed by atoms with Gasteiger partial charge in [-0.1, -0.05) is 115 Å². The van der Waals surface area contributed by atoms with Gasteiger partial charge in [-0.15, -0.1) is 0 Å². The van der Waals surface area contributed by atoms with Crippen molar-refractivity contribution in [1.29, 1.82) is 0 Å². The summed E-state index contributed by atoms with van der Waals surface area (Å²) in [7, 11) is 0. The van der Waals surface area contributed by atoms with Crippen LogP contribution in [0, 0.1) is 0 Å². The molecule has 0 aliphatic carbocycles. The molecule has 0 N–H and O–H groups in total. The van der Waals surface area contributed by atoms with E-state index < -0.39 is 0 Å². The SMILES string of the molecule is CCCCCCCCCCCCCCOC(C)c1ccc(C(=O)Oc2ccc(CCCC)cc2)cc1. The van der Waals surface area contributed by atoms with Crippen molar-refractivity contribution in [3.63, 3.8) is 0 Å². The van der Waals surface area contributed by atoms with Gasteiger partial charge in [-0.2, -0.15) is 0 Å². The molecule has 0 amide bonds. The first-order chi connectivity index (χ1) is 17.6. The molecule has 200 valence electrons. The van der Waals surface area contributed by atoms with Crippen LogP contribution in [0.4, 0.5) is 0 Å². The molecule has 0 aliphatic rings. The summed E-state index contributed by atoms with van der Waals surface area (Å²) in [6.07, 6.45) is 19.6. The summed E-state index contributed by atoms with van der Waals surface area (Å²) < 4.78 is 11.6. The van der Waals surface area contributed by atoms with Crippen LogP contribution >= 0.6 is 0 Å². The lowest BCUT2D eigenvalue weighted by Gasteiger charge is -2.14. The molecule has 0 saturated carbocycles. The molecule has 0 fully saturated rings. The van der Waals surface area contributed by atoms with Crippen molar-refractivity contribution in [2.75, 3.05) is 6.61 Å². The number of esters is 1. The normalized spacial score (nSPS) is 12.0. The van der Waals surface area contributed by atoms with E-state index >= 15 is 0 Å². The minimum atomic E-state index is -0.326. The third kappa shape index (κ3) is 12.7. The zero-order chi connectivity index (χ0) is 25.8. The third-order valence-electron chi connectivity index (χ3n) is 6.93.